The second-order valence-electron chi connectivity index (χ2n) is 6.49. The molecular weight excluding hydrogens is 412 g/mol. The Kier molecular flexibility index (Phi) is 5.03. The highest BCUT2D eigenvalue weighted by Crippen LogP contribution is 2.31. The van der Waals surface area contributed by atoms with Crippen LogP contribution >= 0.6 is 15.9 Å². The third-order valence-corrected chi connectivity index (χ3v) is 5.28. The predicted molar refractivity (Wildman–Crippen MR) is 103 cm³/mol. The van der Waals surface area contributed by atoms with Gasteiger partial charge in [-0.25, -0.2) is 0 Å². The van der Waals surface area contributed by atoms with E-state index in [2.05, 4.69) is 15.9 Å². The molecule has 2 heterocycles. The molecular formula is C20H19BrN2O4. The number of ether oxygens (including phenoxy) is 2. The van der Waals surface area contributed by atoms with E-state index in [1.165, 1.54) is 0 Å². The van der Waals surface area contributed by atoms with Crippen molar-refractivity contribution in [3.63, 3.8) is 0 Å². The Hall–Kier alpha value is -2.54. The molecule has 27 heavy (non-hydrogen) atoms. The van der Waals surface area contributed by atoms with Crippen molar-refractivity contribution in [2.75, 3.05) is 32.8 Å². The van der Waals surface area contributed by atoms with Gasteiger partial charge in [0.2, 0.25) is 6.10 Å². The fraction of sp³-hybridized carbons (Fsp3) is 0.300. The summed E-state index contributed by atoms with van der Waals surface area (Å²) < 4.78 is 12.4. The number of amides is 2. The molecule has 6 nitrogen and oxygen atoms in total. The summed E-state index contributed by atoms with van der Waals surface area (Å²) in [6.45, 7) is 2.19. The lowest BCUT2D eigenvalue weighted by Gasteiger charge is -2.37. The first kappa shape index (κ1) is 17.9. The smallest absolute Gasteiger partial charge is 0.267 e. The summed E-state index contributed by atoms with van der Waals surface area (Å²) >= 11 is 3.37. The van der Waals surface area contributed by atoms with E-state index in [4.69, 9.17) is 9.47 Å². The molecule has 1 fully saturated rings. The fourth-order valence-corrected chi connectivity index (χ4v) is 3.51. The van der Waals surface area contributed by atoms with Crippen LogP contribution < -0.4 is 9.47 Å². The summed E-state index contributed by atoms with van der Waals surface area (Å²) in [5.41, 5.74) is 0.651. The molecule has 0 aromatic heterocycles. The summed E-state index contributed by atoms with van der Waals surface area (Å²) in [4.78, 5) is 28.9. The topological polar surface area (TPSA) is 59.1 Å². The first-order valence-electron chi connectivity index (χ1n) is 8.84. The number of halogens is 1. The lowest BCUT2D eigenvalue weighted by atomic mass is 10.1. The van der Waals surface area contributed by atoms with Crippen molar-refractivity contribution in [1.82, 2.24) is 9.80 Å². The van der Waals surface area contributed by atoms with E-state index in [9.17, 15) is 9.59 Å². The van der Waals surface area contributed by atoms with Crippen LogP contribution in [0.25, 0.3) is 0 Å². The third kappa shape index (κ3) is 3.78. The lowest BCUT2D eigenvalue weighted by Crippen LogP contribution is -2.55. The van der Waals surface area contributed by atoms with Crippen LogP contribution in [0.5, 0.6) is 11.5 Å². The van der Waals surface area contributed by atoms with Gasteiger partial charge in [0.15, 0.2) is 11.5 Å². The molecule has 140 valence electrons. The molecule has 2 aromatic carbocycles. The molecule has 0 spiro atoms. The minimum Gasteiger partial charge on any atom is -0.485 e. The number of para-hydroxylation sites is 2. The second kappa shape index (κ2) is 7.60. The Morgan fingerprint density at radius 2 is 1.52 bits per heavy atom. The highest BCUT2D eigenvalue weighted by atomic mass is 79.9. The molecule has 0 radical (unpaired) electrons. The molecule has 0 N–H and O–H groups in total. The summed E-state index contributed by atoms with van der Waals surface area (Å²) in [7, 11) is 0. The standard InChI is InChI=1S/C20H19BrN2O4/c21-15-7-5-14(6-8-15)19(24)22-9-11-23(12-10-22)20(25)18-13-26-16-3-1-2-4-17(16)27-18/h1-8,18H,9-13H2. The number of rotatable bonds is 2. The van der Waals surface area contributed by atoms with Gasteiger partial charge in [0.25, 0.3) is 11.8 Å². The fourth-order valence-electron chi connectivity index (χ4n) is 3.25. The molecule has 0 bridgehead atoms. The number of fused-ring (bicyclic) bond motifs is 1. The van der Waals surface area contributed by atoms with Gasteiger partial charge in [-0.05, 0) is 36.4 Å². The second-order valence-corrected chi connectivity index (χ2v) is 7.40. The Balaban J connectivity index is 1.34. The van der Waals surface area contributed by atoms with Crippen LogP contribution in [0.1, 0.15) is 10.4 Å². The number of piperazine rings is 1. The molecule has 0 saturated carbocycles. The normalized spacial score (nSPS) is 18.9. The molecule has 1 saturated heterocycles. The van der Waals surface area contributed by atoms with Gasteiger partial charge in [0.05, 0.1) is 0 Å². The van der Waals surface area contributed by atoms with Crippen molar-refractivity contribution in [1.29, 1.82) is 0 Å². The van der Waals surface area contributed by atoms with E-state index in [0.717, 1.165) is 4.47 Å². The van der Waals surface area contributed by atoms with Crippen molar-refractivity contribution in [2.24, 2.45) is 0 Å². The SMILES string of the molecule is O=C(c1ccc(Br)cc1)N1CCN(C(=O)C2COc3ccccc3O2)CC1. The van der Waals surface area contributed by atoms with E-state index in [-0.39, 0.29) is 18.4 Å². The number of nitrogens with zero attached hydrogens (tertiary/aromatic N) is 2. The van der Waals surface area contributed by atoms with Crippen LogP contribution in [0.2, 0.25) is 0 Å². The van der Waals surface area contributed by atoms with Gasteiger partial charge in [-0.15, -0.1) is 0 Å². The molecule has 2 amide bonds. The van der Waals surface area contributed by atoms with Crippen LogP contribution in [0.3, 0.4) is 0 Å². The molecule has 2 aliphatic heterocycles. The number of benzene rings is 2. The molecule has 1 unspecified atom stereocenters. The van der Waals surface area contributed by atoms with Crippen molar-refractivity contribution in [3.05, 3.63) is 58.6 Å². The third-order valence-electron chi connectivity index (χ3n) is 4.75. The number of carbonyl (C=O) groups is 2. The van der Waals surface area contributed by atoms with Crippen LogP contribution in [0.15, 0.2) is 53.0 Å². The Morgan fingerprint density at radius 3 is 2.22 bits per heavy atom. The average Bonchev–Trinajstić information content (AvgIpc) is 2.73. The van der Waals surface area contributed by atoms with Gasteiger partial charge < -0.3 is 19.3 Å². The zero-order valence-electron chi connectivity index (χ0n) is 14.6. The van der Waals surface area contributed by atoms with Gasteiger partial charge >= 0.3 is 0 Å². The first-order valence-corrected chi connectivity index (χ1v) is 9.63. The summed E-state index contributed by atoms with van der Waals surface area (Å²) in [6.07, 6.45) is -0.645. The molecule has 7 heteroatoms. The highest BCUT2D eigenvalue weighted by Gasteiger charge is 2.33. The van der Waals surface area contributed by atoms with Crippen molar-refractivity contribution in [3.8, 4) is 11.5 Å². The Labute approximate surface area is 165 Å². The maximum absolute atomic E-state index is 12.8. The van der Waals surface area contributed by atoms with Gasteiger partial charge in [0, 0.05) is 36.2 Å². The predicted octanol–water partition coefficient (Wildman–Crippen LogP) is 2.57. The van der Waals surface area contributed by atoms with Gasteiger partial charge in [-0.2, -0.15) is 0 Å². The quantitative estimate of drug-likeness (QED) is 0.734. The molecule has 0 aliphatic carbocycles. The molecule has 2 aromatic rings. The number of carbonyl (C=O) groups excluding carboxylic acids is 2. The molecule has 2 aliphatic rings. The zero-order valence-corrected chi connectivity index (χ0v) is 16.2. The van der Waals surface area contributed by atoms with Crippen LogP contribution in [0, 0.1) is 0 Å². The van der Waals surface area contributed by atoms with Gasteiger partial charge in [0.1, 0.15) is 6.61 Å². The number of hydrogen-bond donors (Lipinski definition) is 0. The van der Waals surface area contributed by atoms with E-state index in [1.54, 1.807) is 28.0 Å². The van der Waals surface area contributed by atoms with Gasteiger partial charge in [-0.1, -0.05) is 28.1 Å². The monoisotopic (exact) mass is 430 g/mol. The van der Waals surface area contributed by atoms with E-state index in [0.29, 0.717) is 43.2 Å². The largest absolute Gasteiger partial charge is 0.485 e. The van der Waals surface area contributed by atoms with Crippen LogP contribution in [0.4, 0.5) is 0 Å². The van der Waals surface area contributed by atoms with Crippen molar-refractivity contribution >= 4 is 27.7 Å². The minimum atomic E-state index is -0.645. The Morgan fingerprint density at radius 1 is 0.889 bits per heavy atom. The van der Waals surface area contributed by atoms with Crippen LogP contribution in [-0.2, 0) is 4.79 Å². The van der Waals surface area contributed by atoms with E-state index >= 15 is 0 Å². The molecule has 1 atom stereocenters. The summed E-state index contributed by atoms with van der Waals surface area (Å²) in [5, 5.41) is 0. The molecule has 4 rings (SSSR count). The van der Waals surface area contributed by atoms with E-state index < -0.39 is 6.10 Å². The first-order chi connectivity index (χ1) is 13.1. The van der Waals surface area contributed by atoms with Gasteiger partial charge in [-0.3, -0.25) is 9.59 Å². The minimum absolute atomic E-state index is 0.0132. The maximum atomic E-state index is 12.8. The lowest BCUT2D eigenvalue weighted by molar-refractivity contribution is -0.142. The Bertz CT molecular complexity index is 847. The van der Waals surface area contributed by atoms with Crippen LogP contribution in [-0.4, -0.2) is 60.5 Å². The average molecular weight is 431 g/mol. The summed E-state index contributed by atoms with van der Waals surface area (Å²) in [6, 6.07) is 14.6. The summed E-state index contributed by atoms with van der Waals surface area (Å²) in [5.74, 6) is 1.14. The van der Waals surface area contributed by atoms with E-state index in [1.807, 2.05) is 30.3 Å². The van der Waals surface area contributed by atoms with Crippen molar-refractivity contribution < 1.29 is 19.1 Å². The number of hydrogen-bond acceptors (Lipinski definition) is 4. The van der Waals surface area contributed by atoms with Crippen molar-refractivity contribution in [2.45, 2.75) is 6.10 Å². The maximum Gasteiger partial charge on any atom is 0.267 e. The highest BCUT2D eigenvalue weighted by molar-refractivity contribution is 9.10. The zero-order chi connectivity index (χ0) is 18.8.